The maximum Gasteiger partial charge on any atom is 0.0704 e. The van der Waals surface area contributed by atoms with Crippen LogP contribution in [0.25, 0.3) is 0 Å². The van der Waals surface area contributed by atoms with Gasteiger partial charge in [-0.3, -0.25) is 0 Å². The average molecular weight is 626 g/mol. The lowest BCUT2D eigenvalue weighted by atomic mass is 10.1. The van der Waals surface area contributed by atoms with Gasteiger partial charge in [0.05, 0.1) is 158 Å². The summed E-state index contributed by atoms with van der Waals surface area (Å²) in [5, 5.41) is 3.33. The van der Waals surface area contributed by atoms with Gasteiger partial charge in [-0.15, -0.1) is 6.58 Å². The van der Waals surface area contributed by atoms with E-state index >= 15 is 0 Å². The van der Waals surface area contributed by atoms with Crippen LogP contribution in [-0.2, 0) is 56.8 Å². The molecule has 0 aromatic rings. The number of rotatable bonds is 36. The van der Waals surface area contributed by atoms with Gasteiger partial charge >= 0.3 is 0 Å². The number of hydrogen-bond donors (Lipinski definition) is 1. The summed E-state index contributed by atoms with van der Waals surface area (Å²) in [6.07, 6.45) is 4.25. The van der Waals surface area contributed by atoms with E-state index in [-0.39, 0.29) is 0 Å². The molecule has 1 N–H and O–H groups in total. The average Bonchev–Trinajstić information content (AvgIpc) is 3.03. The largest absolute Gasteiger partial charge is 0.377 e. The molecule has 1 heterocycles. The Balaban J connectivity index is 1.60. The zero-order chi connectivity index (χ0) is 30.6. The van der Waals surface area contributed by atoms with Gasteiger partial charge in [0, 0.05) is 0 Å². The van der Waals surface area contributed by atoms with Crippen LogP contribution in [-0.4, -0.2) is 171 Å². The van der Waals surface area contributed by atoms with Gasteiger partial charge in [-0.2, -0.15) is 0 Å². The lowest BCUT2D eigenvalue weighted by Crippen LogP contribution is -2.33. The van der Waals surface area contributed by atoms with Crippen LogP contribution in [0.5, 0.6) is 0 Å². The van der Waals surface area contributed by atoms with E-state index in [0.29, 0.717) is 158 Å². The number of hydrogen-bond acceptors (Lipinski definition) is 13. The molecule has 0 unspecified atom stereocenters. The molecule has 1 aliphatic heterocycles. The third kappa shape index (κ3) is 32.4. The van der Waals surface area contributed by atoms with E-state index in [1.54, 1.807) is 6.08 Å². The maximum atomic E-state index is 5.79. The molecule has 0 amide bonds. The van der Waals surface area contributed by atoms with Gasteiger partial charge in [-0.05, 0) is 25.9 Å². The molecule has 1 rings (SSSR count). The summed E-state index contributed by atoms with van der Waals surface area (Å²) in [6, 6.07) is 0. The van der Waals surface area contributed by atoms with Gasteiger partial charge in [0.1, 0.15) is 0 Å². The van der Waals surface area contributed by atoms with Gasteiger partial charge < -0.3 is 62.2 Å². The second-order valence-corrected chi connectivity index (χ2v) is 9.31. The minimum absolute atomic E-state index is 0.373. The lowest BCUT2D eigenvalue weighted by molar-refractivity contribution is -0.0326. The van der Waals surface area contributed by atoms with Crippen molar-refractivity contribution in [1.82, 2.24) is 5.32 Å². The molecule has 13 heteroatoms. The zero-order valence-corrected chi connectivity index (χ0v) is 26.4. The first-order valence-electron chi connectivity index (χ1n) is 15.7. The molecule has 0 saturated carbocycles. The summed E-state index contributed by atoms with van der Waals surface area (Å²) < 4.78 is 65.7. The van der Waals surface area contributed by atoms with Gasteiger partial charge in [0.2, 0.25) is 0 Å². The highest BCUT2D eigenvalue weighted by atomic mass is 16.6. The Kier molecular flexibility index (Phi) is 33.4. The highest BCUT2D eigenvalue weighted by molar-refractivity contribution is 4.67. The standard InChI is InChI=1S/C30H59NO12/c1-2-7-32-8-9-33-10-11-34-12-13-35-14-15-36-16-17-37-18-19-38-20-21-39-22-23-40-24-25-41-26-27-42-28-29-43-30-3-5-31-6-4-30/h2,30-31H,1,3-29H2. The van der Waals surface area contributed by atoms with Crippen LogP contribution in [0.2, 0.25) is 0 Å². The molecule has 0 aromatic carbocycles. The van der Waals surface area contributed by atoms with Crippen molar-refractivity contribution < 1.29 is 56.8 Å². The normalized spacial score (nSPS) is 14.0. The summed E-state index contributed by atoms with van der Waals surface area (Å²) in [6.45, 7) is 18.1. The van der Waals surface area contributed by atoms with Crippen molar-refractivity contribution in [3.63, 3.8) is 0 Å². The molecule has 0 atom stereocenters. The Morgan fingerprint density at radius 1 is 0.395 bits per heavy atom. The molecule has 0 radical (unpaired) electrons. The first-order valence-corrected chi connectivity index (χ1v) is 15.7. The topological polar surface area (TPSA) is 123 Å². The Morgan fingerprint density at radius 3 is 0.930 bits per heavy atom. The first kappa shape index (κ1) is 40.2. The second kappa shape index (κ2) is 35.7. The number of ether oxygens (including phenoxy) is 12. The van der Waals surface area contributed by atoms with E-state index in [1.807, 2.05) is 0 Å². The third-order valence-electron chi connectivity index (χ3n) is 5.82. The Morgan fingerprint density at radius 2 is 0.651 bits per heavy atom. The molecule has 1 saturated heterocycles. The van der Waals surface area contributed by atoms with Crippen molar-refractivity contribution in [1.29, 1.82) is 0 Å². The monoisotopic (exact) mass is 625 g/mol. The SMILES string of the molecule is C=CCOCCOCCOCCOCCOCCOCCOCCOCCOCCOCCOCCOC1CCNCC1. The summed E-state index contributed by atoms with van der Waals surface area (Å²) in [5.41, 5.74) is 0. The highest BCUT2D eigenvalue weighted by Gasteiger charge is 2.12. The van der Waals surface area contributed by atoms with Crippen molar-refractivity contribution in [2.45, 2.75) is 18.9 Å². The van der Waals surface area contributed by atoms with Crippen molar-refractivity contribution in [2.24, 2.45) is 0 Å². The van der Waals surface area contributed by atoms with Crippen LogP contribution in [0.15, 0.2) is 12.7 Å². The van der Waals surface area contributed by atoms with Crippen molar-refractivity contribution in [2.75, 3.05) is 165 Å². The summed E-state index contributed by atoms with van der Waals surface area (Å²) in [5.74, 6) is 0. The van der Waals surface area contributed by atoms with Gasteiger partial charge in [0.15, 0.2) is 0 Å². The molecule has 43 heavy (non-hydrogen) atoms. The molecule has 256 valence electrons. The molecule has 1 aliphatic rings. The van der Waals surface area contributed by atoms with Crippen LogP contribution in [0.3, 0.4) is 0 Å². The quantitative estimate of drug-likeness (QED) is 0.0791. The van der Waals surface area contributed by atoms with E-state index in [9.17, 15) is 0 Å². The van der Waals surface area contributed by atoms with Gasteiger partial charge in [-0.25, -0.2) is 0 Å². The maximum absolute atomic E-state index is 5.79. The fourth-order valence-corrected chi connectivity index (χ4v) is 3.60. The smallest absolute Gasteiger partial charge is 0.0704 e. The van der Waals surface area contributed by atoms with E-state index < -0.39 is 0 Å². The van der Waals surface area contributed by atoms with Gasteiger partial charge in [-0.1, -0.05) is 6.08 Å². The predicted octanol–water partition coefficient (Wildman–Crippen LogP) is 1.12. The molecular formula is C30H59NO12. The summed E-state index contributed by atoms with van der Waals surface area (Å²) >= 11 is 0. The van der Waals surface area contributed by atoms with E-state index in [0.717, 1.165) is 25.9 Å². The second-order valence-electron chi connectivity index (χ2n) is 9.31. The van der Waals surface area contributed by atoms with Crippen molar-refractivity contribution in [3.05, 3.63) is 12.7 Å². The summed E-state index contributed by atoms with van der Waals surface area (Å²) in [7, 11) is 0. The van der Waals surface area contributed by atoms with E-state index in [4.69, 9.17) is 56.8 Å². The third-order valence-corrected chi connectivity index (χ3v) is 5.82. The molecule has 13 nitrogen and oxygen atoms in total. The highest BCUT2D eigenvalue weighted by Crippen LogP contribution is 2.06. The van der Waals surface area contributed by atoms with E-state index in [1.165, 1.54) is 0 Å². The Labute approximate surface area is 259 Å². The van der Waals surface area contributed by atoms with Gasteiger partial charge in [0.25, 0.3) is 0 Å². The zero-order valence-electron chi connectivity index (χ0n) is 26.4. The Hall–Kier alpha value is -0.780. The van der Waals surface area contributed by atoms with Crippen LogP contribution >= 0.6 is 0 Å². The Bertz CT molecular complexity index is 543. The first-order chi connectivity index (χ1) is 21.4. The predicted molar refractivity (Wildman–Crippen MR) is 161 cm³/mol. The van der Waals surface area contributed by atoms with Crippen molar-refractivity contribution in [3.8, 4) is 0 Å². The molecule has 0 spiro atoms. The molecule has 0 aromatic heterocycles. The van der Waals surface area contributed by atoms with Crippen LogP contribution < -0.4 is 5.32 Å². The van der Waals surface area contributed by atoms with E-state index in [2.05, 4.69) is 11.9 Å². The van der Waals surface area contributed by atoms with Crippen molar-refractivity contribution >= 4 is 0 Å². The number of nitrogens with one attached hydrogen (secondary N) is 1. The number of piperidine rings is 1. The molecule has 0 bridgehead atoms. The summed E-state index contributed by atoms with van der Waals surface area (Å²) in [4.78, 5) is 0. The minimum Gasteiger partial charge on any atom is -0.377 e. The molecule has 0 aliphatic carbocycles. The fourth-order valence-electron chi connectivity index (χ4n) is 3.60. The fraction of sp³-hybridized carbons (Fsp3) is 0.933. The van der Waals surface area contributed by atoms with Crippen LogP contribution in [0, 0.1) is 0 Å². The van der Waals surface area contributed by atoms with Crippen LogP contribution in [0.4, 0.5) is 0 Å². The lowest BCUT2D eigenvalue weighted by Gasteiger charge is -2.22. The van der Waals surface area contributed by atoms with Crippen LogP contribution in [0.1, 0.15) is 12.8 Å². The molecule has 1 fully saturated rings. The minimum atomic E-state index is 0.373. The molecular weight excluding hydrogens is 566 g/mol.